The predicted molar refractivity (Wildman–Crippen MR) is 25.1 cm³/mol. The summed E-state index contributed by atoms with van der Waals surface area (Å²) < 4.78 is 36.5. The van der Waals surface area contributed by atoms with Gasteiger partial charge >= 0.3 is 23.1 Å². The Labute approximate surface area is 69.0 Å². The van der Waals surface area contributed by atoms with Gasteiger partial charge in [0.15, 0.2) is 17.4 Å². The van der Waals surface area contributed by atoms with E-state index in [1.54, 1.807) is 0 Å². The Bertz CT molecular complexity index is 16.0. The Kier molecular flexibility index (Phi) is 128. The molecule has 0 aromatic carbocycles. The highest BCUT2D eigenvalue weighted by Gasteiger charge is 1.42. The van der Waals surface area contributed by atoms with Gasteiger partial charge in [0.2, 0.25) is 0 Å². The summed E-state index contributed by atoms with van der Waals surface area (Å²) in [6.07, 6.45) is 0. The molecule has 0 saturated heterocycles. The van der Waals surface area contributed by atoms with E-state index in [1.807, 2.05) is 0 Å². The normalized spacial score (nSPS) is 4.50. The molecule has 0 radical (unpaired) electrons. The van der Waals surface area contributed by atoms with Crippen LogP contribution in [0, 0.1) is 0 Å². The minimum absolute atomic E-state index is 0. The SMILES string of the molecule is FOF.FOF.[AlH3].[MgH2]. The summed E-state index contributed by atoms with van der Waals surface area (Å²) in [6, 6.07) is 0. The van der Waals surface area contributed by atoms with E-state index in [-0.39, 0.29) is 40.4 Å². The predicted octanol–water partition coefficient (Wildman–Crippen LogP) is -0.556. The Hall–Kier alpha value is 0.939. The molecule has 0 aromatic heterocycles. The van der Waals surface area contributed by atoms with Crippen molar-refractivity contribution in [3.63, 3.8) is 0 Å². The van der Waals surface area contributed by atoms with E-state index in [9.17, 15) is 0 Å². The Morgan fingerprint density at radius 3 is 0.750 bits per heavy atom. The second kappa shape index (κ2) is 44.3. The molecule has 0 aliphatic heterocycles. The number of halogens is 4. The van der Waals surface area contributed by atoms with E-state index in [0.717, 1.165) is 0 Å². The first-order valence-corrected chi connectivity index (χ1v) is 0.617. The molecule has 0 spiro atoms. The quantitative estimate of drug-likeness (QED) is 0.353. The maximum absolute atomic E-state index is 9.12. The third-order valence-electron chi connectivity index (χ3n) is 0. The van der Waals surface area contributed by atoms with Gasteiger partial charge in [0.25, 0.3) is 0 Å². The highest BCUT2D eigenvalue weighted by atomic mass is 27.0. The molecule has 8 heavy (non-hydrogen) atoms. The van der Waals surface area contributed by atoms with Crippen molar-refractivity contribution in [3.05, 3.63) is 0 Å². The van der Waals surface area contributed by atoms with Crippen LogP contribution in [0.1, 0.15) is 0 Å². The second-order valence-electron chi connectivity index (χ2n) is 0.117. The van der Waals surface area contributed by atoms with Crippen LogP contribution >= 0.6 is 0 Å². The fourth-order valence-electron chi connectivity index (χ4n) is 0. The molecule has 0 fully saturated rings. The monoisotopic (exact) mass is 164 g/mol. The van der Waals surface area contributed by atoms with Gasteiger partial charge in [-0.15, -0.1) is 0 Å². The lowest BCUT2D eigenvalue weighted by Crippen LogP contribution is -1.26. The van der Waals surface area contributed by atoms with Gasteiger partial charge in [-0.05, 0) is 18.1 Å². The van der Waals surface area contributed by atoms with E-state index in [2.05, 4.69) is 0 Å². The van der Waals surface area contributed by atoms with Crippen LogP contribution in [-0.4, -0.2) is 40.4 Å². The highest BCUT2D eigenvalue weighted by Crippen LogP contribution is 1.61. The zero-order valence-corrected chi connectivity index (χ0v) is 2.33. The molecule has 8 heteroatoms. The van der Waals surface area contributed by atoms with Crippen molar-refractivity contribution in [2.75, 3.05) is 0 Å². The molecule has 0 unspecified atom stereocenters. The molecule has 0 heterocycles. The summed E-state index contributed by atoms with van der Waals surface area (Å²) in [4.78, 5) is 0. The van der Waals surface area contributed by atoms with E-state index in [4.69, 9.17) is 18.1 Å². The lowest BCUT2D eigenvalue weighted by atomic mass is 15.4. The molecule has 0 saturated carbocycles. The first-order chi connectivity index (χ1) is 2.83. The highest BCUT2D eigenvalue weighted by molar-refractivity contribution is 5.76. The van der Waals surface area contributed by atoms with Crippen molar-refractivity contribution >= 4 is 40.4 Å². The average molecular weight is 164 g/mol. The summed E-state index contributed by atoms with van der Waals surface area (Å²) in [7, 11) is 0. The van der Waals surface area contributed by atoms with Crippen LogP contribution in [-0.2, 0) is 10.3 Å². The second-order valence-corrected chi connectivity index (χ2v) is 0.117. The lowest BCUT2D eigenvalue weighted by molar-refractivity contribution is -0.317. The van der Waals surface area contributed by atoms with Crippen LogP contribution < -0.4 is 0 Å². The van der Waals surface area contributed by atoms with Crippen molar-refractivity contribution in [1.29, 1.82) is 0 Å². The first-order valence-electron chi connectivity index (χ1n) is 0.617. The van der Waals surface area contributed by atoms with Crippen LogP contribution in [0.5, 0.6) is 0 Å². The van der Waals surface area contributed by atoms with Gasteiger partial charge in [0.1, 0.15) is 0 Å². The van der Waals surface area contributed by atoms with Crippen LogP contribution in [0.3, 0.4) is 0 Å². The standard InChI is InChI=1S/Al.2F2O.Mg.5H/c;2*1-3-2;;;;;;. The molecule has 2 nitrogen and oxygen atoms in total. The van der Waals surface area contributed by atoms with E-state index in [1.165, 1.54) is 10.3 Å². The minimum atomic E-state index is 0. The van der Waals surface area contributed by atoms with Crippen LogP contribution in [0.25, 0.3) is 0 Å². The summed E-state index contributed by atoms with van der Waals surface area (Å²) in [5.41, 5.74) is 0. The van der Waals surface area contributed by atoms with Gasteiger partial charge in [-0.25, -0.2) is 0 Å². The fraction of sp³-hybridized carbons (Fsp3) is 0. The Morgan fingerprint density at radius 2 is 0.750 bits per heavy atom. The van der Waals surface area contributed by atoms with Crippen LogP contribution in [0.2, 0.25) is 0 Å². The Morgan fingerprint density at radius 1 is 0.750 bits per heavy atom. The van der Waals surface area contributed by atoms with Crippen molar-refractivity contribution < 1.29 is 28.4 Å². The van der Waals surface area contributed by atoms with Gasteiger partial charge in [0.05, 0.1) is 0 Å². The van der Waals surface area contributed by atoms with Gasteiger partial charge in [-0.2, -0.15) is 0 Å². The molecule has 0 bridgehead atoms. The zero-order chi connectivity index (χ0) is 5.41. The molecular weight excluding hydrogens is 159 g/mol. The molecule has 0 aliphatic rings. The smallest absolute Gasteiger partial charge is 0.0104 e. The van der Waals surface area contributed by atoms with E-state index >= 15 is 0 Å². The van der Waals surface area contributed by atoms with Crippen LogP contribution in [0.4, 0.5) is 18.1 Å². The summed E-state index contributed by atoms with van der Waals surface area (Å²) in [5, 5.41) is 2.50. The topological polar surface area (TPSA) is 18.5 Å². The molecule has 0 aromatic rings. The molecule has 0 rings (SSSR count). The van der Waals surface area contributed by atoms with Crippen LogP contribution in [0.15, 0.2) is 0 Å². The number of hydrogen-bond donors (Lipinski definition) is 0. The van der Waals surface area contributed by atoms with E-state index < -0.39 is 0 Å². The van der Waals surface area contributed by atoms with Crippen molar-refractivity contribution in [1.82, 2.24) is 0 Å². The third kappa shape index (κ3) is 278. The largest absolute Gasteiger partial charge is 0.316 e. The molecule has 0 amide bonds. The summed E-state index contributed by atoms with van der Waals surface area (Å²) in [6.45, 7) is 0. The molecule has 0 N–H and O–H groups in total. The zero-order valence-electron chi connectivity index (χ0n) is 2.33. The maximum Gasteiger partial charge on any atom is 0.316 e. The molecule has 50 valence electrons. The minimum Gasteiger partial charge on any atom is -0.0104 e. The number of rotatable bonds is 0. The third-order valence-corrected chi connectivity index (χ3v) is 0. The summed E-state index contributed by atoms with van der Waals surface area (Å²) >= 11 is 0. The van der Waals surface area contributed by atoms with Crippen molar-refractivity contribution in [2.45, 2.75) is 0 Å². The fourth-order valence-corrected chi connectivity index (χ4v) is 0. The van der Waals surface area contributed by atoms with Crippen molar-refractivity contribution in [2.24, 2.45) is 0 Å². The first kappa shape index (κ1) is 23.1. The molecule has 0 atom stereocenters. The van der Waals surface area contributed by atoms with Crippen molar-refractivity contribution in [3.8, 4) is 0 Å². The van der Waals surface area contributed by atoms with E-state index in [0.29, 0.717) is 0 Å². The van der Waals surface area contributed by atoms with Gasteiger partial charge in [-0.3, -0.25) is 0 Å². The Balaban J connectivity index is -0.0000000160. The average Bonchev–Trinajstić information content (AvgIpc) is 1.39. The van der Waals surface area contributed by atoms with Gasteiger partial charge in [0, 0.05) is 10.3 Å². The van der Waals surface area contributed by atoms with Gasteiger partial charge in [-0.1, -0.05) is 0 Å². The maximum atomic E-state index is 9.12. The lowest BCUT2D eigenvalue weighted by Gasteiger charge is -1.41. The van der Waals surface area contributed by atoms with Gasteiger partial charge < -0.3 is 0 Å². The molecule has 0 aliphatic carbocycles. The molecular formula is H5AlF4MgO2. The number of hydrogen-bond acceptors (Lipinski definition) is 2. The summed E-state index contributed by atoms with van der Waals surface area (Å²) in [5.74, 6) is 0.